The molecule has 1 saturated heterocycles. The van der Waals surface area contributed by atoms with Crippen molar-refractivity contribution >= 4 is 29.2 Å². The van der Waals surface area contributed by atoms with E-state index in [2.05, 4.69) is 32.5 Å². The van der Waals surface area contributed by atoms with Crippen LogP contribution in [0.3, 0.4) is 0 Å². The predicted molar refractivity (Wildman–Crippen MR) is 113 cm³/mol. The first-order valence-electron chi connectivity index (χ1n) is 9.72. The summed E-state index contributed by atoms with van der Waals surface area (Å²) in [6.45, 7) is 2.54. The lowest BCUT2D eigenvalue weighted by atomic mass is 9.97. The Bertz CT molecular complexity index is 906. The van der Waals surface area contributed by atoms with Crippen LogP contribution in [0.25, 0.3) is 0 Å². The number of thioether (sulfide) groups is 1. The summed E-state index contributed by atoms with van der Waals surface area (Å²) in [5.74, 6) is 0.580. The van der Waals surface area contributed by atoms with Crippen molar-refractivity contribution in [3.63, 3.8) is 0 Å². The van der Waals surface area contributed by atoms with E-state index < -0.39 is 10.4 Å². The van der Waals surface area contributed by atoms with Gasteiger partial charge in [-0.25, -0.2) is 4.98 Å². The molecule has 3 rings (SSSR count). The van der Waals surface area contributed by atoms with E-state index in [0.29, 0.717) is 18.0 Å². The molecule has 168 valence electrons. The van der Waals surface area contributed by atoms with Gasteiger partial charge in [-0.15, -0.1) is 0 Å². The molecule has 1 fully saturated rings. The maximum Gasteiger partial charge on any atom is 0.446 e. The van der Waals surface area contributed by atoms with Crippen LogP contribution in [-0.2, 0) is 6.54 Å². The number of halogens is 3. The molecule has 1 aromatic heterocycles. The summed E-state index contributed by atoms with van der Waals surface area (Å²) in [4.78, 5) is 21.2. The van der Waals surface area contributed by atoms with E-state index in [4.69, 9.17) is 0 Å². The van der Waals surface area contributed by atoms with Gasteiger partial charge in [0.2, 0.25) is 11.8 Å². The Balaban J connectivity index is 1.68. The molecule has 1 aliphatic rings. The molecule has 8 nitrogen and oxygen atoms in total. The number of piperidine rings is 1. The molecule has 1 aromatic carbocycles. The van der Waals surface area contributed by atoms with Crippen molar-refractivity contribution < 1.29 is 18.1 Å². The molecule has 31 heavy (non-hydrogen) atoms. The summed E-state index contributed by atoms with van der Waals surface area (Å²) in [5.41, 5.74) is -4.22. The van der Waals surface area contributed by atoms with E-state index in [0.717, 1.165) is 32.1 Å². The van der Waals surface area contributed by atoms with Gasteiger partial charge in [-0.1, -0.05) is 18.2 Å². The second kappa shape index (κ2) is 10.1. The topological polar surface area (TPSA) is 96.2 Å². The maximum absolute atomic E-state index is 12.8. The predicted octanol–water partition coefficient (Wildman–Crippen LogP) is 4.36. The van der Waals surface area contributed by atoms with Gasteiger partial charge in [-0.2, -0.15) is 18.2 Å². The lowest BCUT2D eigenvalue weighted by Crippen LogP contribution is -2.33. The minimum Gasteiger partial charge on any atom is -0.364 e. The molecule has 2 N–H and O–H groups in total. The fourth-order valence-corrected chi connectivity index (χ4v) is 3.95. The van der Waals surface area contributed by atoms with Crippen LogP contribution in [0.1, 0.15) is 18.4 Å². The Morgan fingerprint density at radius 2 is 1.97 bits per heavy atom. The Kier molecular flexibility index (Phi) is 7.55. The molecule has 0 radical (unpaired) electrons. The third-order valence-corrected chi connectivity index (χ3v) is 5.85. The first kappa shape index (κ1) is 23.1. The van der Waals surface area contributed by atoms with Crippen molar-refractivity contribution in [2.75, 3.05) is 37.3 Å². The average Bonchev–Trinajstić information content (AvgIpc) is 2.71. The number of rotatable bonds is 8. The van der Waals surface area contributed by atoms with Gasteiger partial charge in [0.05, 0.1) is 4.92 Å². The average molecular weight is 456 g/mol. The number of anilines is 2. The highest BCUT2D eigenvalue weighted by Gasteiger charge is 2.30. The van der Waals surface area contributed by atoms with Crippen LogP contribution >= 0.6 is 11.8 Å². The Morgan fingerprint density at radius 3 is 2.65 bits per heavy atom. The van der Waals surface area contributed by atoms with Gasteiger partial charge < -0.3 is 15.5 Å². The number of nitrogens with zero attached hydrogens (tertiary/aromatic N) is 4. The Hall–Kier alpha value is -2.60. The molecule has 0 saturated carbocycles. The standard InChI is InChI=1S/C19H23F3N6O2S/c1-27-8-6-13(7-9-27)10-23-17-15(28(29)30)12-25-18(26-17)24-11-14-4-2-3-5-16(14)31-19(20,21)22/h2-5,12-13H,6-11H2,1H3,(H2,23,24,25,26). The summed E-state index contributed by atoms with van der Waals surface area (Å²) in [6.07, 6.45) is 3.07. The molecule has 0 bridgehead atoms. The van der Waals surface area contributed by atoms with E-state index in [9.17, 15) is 23.3 Å². The molecule has 0 spiro atoms. The van der Waals surface area contributed by atoms with Gasteiger partial charge >= 0.3 is 11.2 Å². The largest absolute Gasteiger partial charge is 0.446 e. The summed E-state index contributed by atoms with van der Waals surface area (Å²) in [6, 6.07) is 6.14. The zero-order chi connectivity index (χ0) is 22.4. The van der Waals surface area contributed by atoms with E-state index >= 15 is 0 Å². The van der Waals surface area contributed by atoms with E-state index in [1.165, 1.54) is 12.1 Å². The summed E-state index contributed by atoms with van der Waals surface area (Å²) in [5, 5.41) is 17.3. The highest BCUT2D eigenvalue weighted by Crippen LogP contribution is 2.38. The first-order chi connectivity index (χ1) is 14.7. The van der Waals surface area contributed by atoms with E-state index in [-0.39, 0.29) is 40.7 Å². The molecule has 0 amide bonds. The summed E-state index contributed by atoms with van der Waals surface area (Å²) in [7, 11) is 2.06. The smallest absolute Gasteiger partial charge is 0.364 e. The van der Waals surface area contributed by atoms with Crippen LogP contribution in [0.4, 0.5) is 30.6 Å². The number of alkyl halides is 3. The third kappa shape index (κ3) is 6.96. The highest BCUT2D eigenvalue weighted by atomic mass is 32.2. The van der Waals surface area contributed by atoms with Crippen molar-refractivity contribution in [3.05, 3.63) is 46.1 Å². The Morgan fingerprint density at radius 1 is 1.26 bits per heavy atom. The van der Waals surface area contributed by atoms with Crippen LogP contribution in [0, 0.1) is 16.0 Å². The van der Waals surface area contributed by atoms with Crippen LogP contribution in [-0.4, -0.2) is 52.0 Å². The van der Waals surface area contributed by atoms with Crippen molar-refractivity contribution in [2.45, 2.75) is 29.8 Å². The first-order valence-corrected chi connectivity index (χ1v) is 10.5. The number of aromatic nitrogens is 2. The number of benzene rings is 1. The molecule has 12 heteroatoms. The lowest BCUT2D eigenvalue weighted by Gasteiger charge is -2.29. The van der Waals surface area contributed by atoms with Gasteiger partial charge in [0, 0.05) is 18.0 Å². The van der Waals surface area contributed by atoms with Gasteiger partial charge in [0.25, 0.3) is 0 Å². The zero-order valence-corrected chi connectivity index (χ0v) is 17.7. The fourth-order valence-electron chi connectivity index (χ4n) is 3.28. The SMILES string of the molecule is CN1CCC(CNc2nc(NCc3ccccc3SC(F)(F)F)ncc2[N+](=O)[O-])CC1. The lowest BCUT2D eigenvalue weighted by molar-refractivity contribution is -0.384. The summed E-state index contributed by atoms with van der Waals surface area (Å²) >= 11 is -0.190. The molecular weight excluding hydrogens is 433 g/mol. The maximum atomic E-state index is 12.8. The van der Waals surface area contributed by atoms with Crippen molar-refractivity contribution in [2.24, 2.45) is 5.92 Å². The molecule has 0 aliphatic carbocycles. The minimum absolute atomic E-state index is 0.0471. The number of likely N-dealkylation sites (tertiary alicyclic amines) is 1. The van der Waals surface area contributed by atoms with Gasteiger partial charge in [-0.3, -0.25) is 10.1 Å². The van der Waals surface area contributed by atoms with Crippen molar-refractivity contribution in [3.8, 4) is 0 Å². The zero-order valence-electron chi connectivity index (χ0n) is 16.9. The number of hydrogen-bond donors (Lipinski definition) is 2. The second-order valence-corrected chi connectivity index (χ2v) is 8.43. The number of hydrogen-bond acceptors (Lipinski definition) is 8. The molecule has 0 unspecified atom stereocenters. The van der Waals surface area contributed by atoms with Crippen LogP contribution in [0.2, 0.25) is 0 Å². The quantitative estimate of drug-likeness (QED) is 0.344. The second-order valence-electron chi connectivity index (χ2n) is 7.32. The van der Waals surface area contributed by atoms with Crippen molar-refractivity contribution in [1.29, 1.82) is 0 Å². The fraction of sp³-hybridized carbons (Fsp3) is 0.474. The molecule has 1 aliphatic heterocycles. The van der Waals surface area contributed by atoms with E-state index in [1.807, 2.05) is 0 Å². The summed E-state index contributed by atoms with van der Waals surface area (Å²) < 4.78 is 38.3. The Labute approximate surface area is 181 Å². The van der Waals surface area contributed by atoms with Gasteiger partial charge in [-0.05, 0) is 62.3 Å². The number of nitrogens with one attached hydrogen (secondary N) is 2. The highest BCUT2D eigenvalue weighted by molar-refractivity contribution is 8.00. The number of nitro groups is 1. The van der Waals surface area contributed by atoms with Crippen molar-refractivity contribution in [1.82, 2.24) is 14.9 Å². The van der Waals surface area contributed by atoms with Crippen LogP contribution in [0.15, 0.2) is 35.4 Å². The molecule has 2 aromatic rings. The minimum atomic E-state index is -4.40. The van der Waals surface area contributed by atoms with Gasteiger partial charge in [0.15, 0.2) is 0 Å². The molecule has 2 heterocycles. The normalized spacial score (nSPS) is 15.6. The third-order valence-electron chi connectivity index (χ3n) is 5.00. The van der Waals surface area contributed by atoms with E-state index in [1.54, 1.807) is 12.1 Å². The van der Waals surface area contributed by atoms with Crippen LogP contribution in [0.5, 0.6) is 0 Å². The van der Waals surface area contributed by atoms with Gasteiger partial charge in [0.1, 0.15) is 6.20 Å². The monoisotopic (exact) mass is 456 g/mol. The molecule has 0 atom stereocenters. The van der Waals surface area contributed by atoms with Crippen LogP contribution < -0.4 is 10.6 Å². The molecular formula is C19H23F3N6O2S.